The fraction of sp³-hybridized carbons (Fsp3) is 0.647. The monoisotopic (exact) mass is 243 g/mol. The number of benzene rings is 1. The van der Waals surface area contributed by atoms with Crippen molar-refractivity contribution in [2.45, 2.75) is 63.5 Å². The van der Waals surface area contributed by atoms with Crippen LogP contribution in [-0.4, -0.2) is 12.1 Å². The van der Waals surface area contributed by atoms with Crippen molar-refractivity contribution in [3.8, 4) is 0 Å². The molecule has 0 aromatic heterocycles. The summed E-state index contributed by atoms with van der Waals surface area (Å²) in [7, 11) is 0. The van der Waals surface area contributed by atoms with E-state index in [9.17, 15) is 0 Å². The van der Waals surface area contributed by atoms with Gasteiger partial charge in [0, 0.05) is 12.1 Å². The molecule has 0 bridgehead atoms. The zero-order chi connectivity index (χ0) is 12.4. The zero-order valence-corrected chi connectivity index (χ0v) is 11.4. The Bertz CT molecular complexity index is 358. The first-order chi connectivity index (χ1) is 8.81. The predicted molar refractivity (Wildman–Crippen MR) is 76.8 cm³/mol. The van der Waals surface area contributed by atoms with Crippen molar-refractivity contribution < 1.29 is 0 Å². The fourth-order valence-electron chi connectivity index (χ4n) is 3.69. The Morgan fingerprint density at radius 2 is 1.56 bits per heavy atom. The maximum Gasteiger partial charge on any atom is 0.00747 e. The molecule has 2 saturated carbocycles. The summed E-state index contributed by atoms with van der Waals surface area (Å²) in [6, 6.07) is 12.7. The molecule has 0 heterocycles. The van der Waals surface area contributed by atoms with Gasteiger partial charge in [-0.3, -0.25) is 0 Å². The Hall–Kier alpha value is -0.820. The van der Waals surface area contributed by atoms with E-state index in [0.717, 1.165) is 23.9 Å². The van der Waals surface area contributed by atoms with Gasteiger partial charge in [-0.1, -0.05) is 37.3 Å². The first kappa shape index (κ1) is 12.2. The predicted octanol–water partition coefficient (Wildman–Crippen LogP) is 4.10. The third-order valence-electron chi connectivity index (χ3n) is 4.84. The van der Waals surface area contributed by atoms with Gasteiger partial charge >= 0.3 is 0 Å². The Labute approximate surface area is 111 Å². The quantitative estimate of drug-likeness (QED) is 0.842. The third-order valence-corrected chi connectivity index (χ3v) is 4.84. The SMILES string of the molecule is CC1CC(NC2CCC(c3ccccc3)CC2)C1. The van der Waals surface area contributed by atoms with Crippen LogP contribution in [-0.2, 0) is 0 Å². The molecule has 2 aliphatic carbocycles. The van der Waals surface area contributed by atoms with E-state index in [1.54, 1.807) is 5.56 Å². The Morgan fingerprint density at radius 3 is 2.17 bits per heavy atom. The molecule has 98 valence electrons. The molecule has 3 rings (SSSR count). The van der Waals surface area contributed by atoms with Crippen LogP contribution in [0.15, 0.2) is 30.3 Å². The van der Waals surface area contributed by atoms with Crippen molar-refractivity contribution >= 4 is 0 Å². The van der Waals surface area contributed by atoms with Gasteiger partial charge in [0.2, 0.25) is 0 Å². The van der Waals surface area contributed by atoms with E-state index >= 15 is 0 Å². The molecule has 0 aliphatic heterocycles. The van der Waals surface area contributed by atoms with Crippen molar-refractivity contribution in [3.63, 3.8) is 0 Å². The second-order valence-corrected chi connectivity index (χ2v) is 6.40. The average Bonchev–Trinajstić information content (AvgIpc) is 2.39. The molecule has 0 saturated heterocycles. The minimum atomic E-state index is 0.794. The smallest absolute Gasteiger partial charge is 0.00747 e. The minimum Gasteiger partial charge on any atom is -0.311 e. The molecule has 0 unspecified atom stereocenters. The molecule has 0 radical (unpaired) electrons. The summed E-state index contributed by atoms with van der Waals surface area (Å²) in [5.41, 5.74) is 1.55. The van der Waals surface area contributed by atoms with Crippen molar-refractivity contribution in [2.24, 2.45) is 5.92 Å². The zero-order valence-electron chi connectivity index (χ0n) is 11.4. The Kier molecular flexibility index (Phi) is 3.69. The molecule has 1 N–H and O–H groups in total. The minimum absolute atomic E-state index is 0.794. The van der Waals surface area contributed by atoms with E-state index in [0.29, 0.717) is 0 Å². The van der Waals surface area contributed by atoms with Crippen LogP contribution in [0, 0.1) is 5.92 Å². The van der Waals surface area contributed by atoms with Gasteiger partial charge < -0.3 is 5.32 Å². The molecule has 1 nitrogen and oxygen atoms in total. The van der Waals surface area contributed by atoms with Gasteiger partial charge in [-0.25, -0.2) is 0 Å². The van der Waals surface area contributed by atoms with Crippen LogP contribution in [0.1, 0.15) is 56.9 Å². The van der Waals surface area contributed by atoms with Crippen LogP contribution in [0.25, 0.3) is 0 Å². The number of hydrogen-bond acceptors (Lipinski definition) is 1. The summed E-state index contributed by atoms with van der Waals surface area (Å²) < 4.78 is 0. The molecule has 0 atom stereocenters. The van der Waals surface area contributed by atoms with Crippen molar-refractivity contribution in [3.05, 3.63) is 35.9 Å². The Balaban J connectivity index is 1.46. The van der Waals surface area contributed by atoms with Gasteiger partial charge in [0.15, 0.2) is 0 Å². The summed E-state index contributed by atoms with van der Waals surface area (Å²) in [4.78, 5) is 0. The number of nitrogens with one attached hydrogen (secondary N) is 1. The highest BCUT2D eigenvalue weighted by Gasteiger charge is 2.29. The maximum absolute atomic E-state index is 3.86. The molecule has 2 aliphatic rings. The van der Waals surface area contributed by atoms with E-state index in [-0.39, 0.29) is 0 Å². The lowest BCUT2D eigenvalue weighted by molar-refractivity contribution is 0.200. The van der Waals surface area contributed by atoms with Gasteiger partial charge in [-0.2, -0.15) is 0 Å². The molecule has 1 heteroatoms. The van der Waals surface area contributed by atoms with E-state index in [2.05, 4.69) is 42.6 Å². The lowest BCUT2D eigenvalue weighted by Crippen LogP contribution is -2.46. The molecule has 0 spiro atoms. The van der Waals surface area contributed by atoms with Gasteiger partial charge in [0.25, 0.3) is 0 Å². The Morgan fingerprint density at radius 1 is 0.889 bits per heavy atom. The molecule has 1 aromatic carbocycles. The highest BCUT2D eigenvalue weighted by Crippen LogP contribution is 2.34. The van der Waals surface area contributed by atoms with Crippen molar-refractivity contribution in [1.82, 2.24) is 5.32 Å². The van der Waals surface area contributed by atoms with Crippen LogP contribution in [0.2, 0.25) is 0 Å². The maximum atomic E-state index is 3.86. The van der Waals surface area contributed by atoms with Gasteiger partial charge in [0.05, 0.1) is 0 Å². The lowest BCUT2D eigenvalue weighted by Gasteiger charge is -2.39. The van der Waals surface area contributed by atoms with Crippen LogP contribution in [0.5, 0.6) is 0 Å². The van der Waals surface area contributed by atoms with Gasteiger partial charge in [-0.05, 0) is 55.9 Å². The molecular weight excluding hydrogens is 218 g/mol. The van der Waals surface area contributed by atoms with E-state index < -0.39 is 0 Å². The number of rotatable bonds is 3. The summed E-state index contributed by atoms with van der Waals surface area (Å²) in [5, 5.41) is 3.86. The van der Waals surface area contributed by atoms with Gasteiger partial charge in [-0.15, -0.1) is 0 Å². The van der Waals surface area contributed by atoms with E-state index in [4.69, 9.17) is 0 Å². The topological polar surface area (TPSA) is 12.0 Å². The highest BCUT2D eigenvalue weighted by molar-refractivity contribution is 5.20. The summed E-state index contributed by atoms with van der Waals surface area (Å²) in [6.07, 6.45) is 8.26. The summed E-state index contributed by atoms with van der Waals surface area (Å²) >= 11 is 0. The van der Waals surface area contributed by atoms with Gasteiger partial charge in [0.1, 0.15) is 0 Å². The largest absolute Gasteiger partial charge is 0.311 e. The first-order valence-electron chi connectivity index (χ1n) is 7.62. The highest BCUT2D eigenvalue weighted by atomic mass is 15.0. The molecule has 2 fully saturated rings. The fourth-order valence-corrected chi connectivity index (χ4v) is 3.69. The van der Waals surface area contributed by atoms with Crippen LogP contribution >= 0.6 is 0 Å². The first-order valence-corrected chi connectivity index (χ1v) is 7.62. The third kappa shape index (κ3) is 2.77. The molecule has 1 aromatic rings. The van der Waals surface area contributed by atoms with E-state index in [1.807, 2.05) is 0 Å². The van der Waals surface area contributed by atoms with Crippen molar-refractivity contribution in [2.75, 3.05) is 0 Å². The summed E-state index contributed by atoms with van der Waals surface area (Å²) in [5.74, 6) is 1.77. The number of hydrogen-bond donors (Lipinski definition) is 1. The lowest BCUT2D eigenvalue weighted by atomic mass is 9.78. The molecular formula is C17H25N. The van der Waals surface area contributed by atoms with E-state index in [1.165, 1.54) is 38.5 Å². The molecule has 18 heavy (non-hydrogen) atoms. The average molecular weight is 243 g/mol. The van der Waals surface area contributed by atoms with Crippen LogP contribution in [0.4, 0.5) is 0 Å². The normalized spacial score (nSPS) is 36.1. The molecule has 0 amide bonds. The summed E-state index contributed by atoms with van der Waals surface area (Å²) in [6.45, 7) is 2.37. The standard InChI is InChI=1S/C17H25N/c1-13-11-17(12-13)18-16-9-7-15(8-10-16)14-5-3-2-4-6-14/h2-6,13,15-18H,7-12H2,1H3. The van der Waals surface area contributed by atoms with Crippen LogP contribution in [0.3, 0.4) is 0 Å². The second kappa shape index (κ2) is 5.44. The van der Waals surface area contributed by atoms with Crippen LogP contribution < -0.4 is 5.32 Å². The van der Waals surface area contributed by atoms with Crippen molar-refractivity contribution in [1.29, 1.82) is 0 Å². The second-order valence-electron chi connectivity index (χ2n) is 6.40.